The molecule has 0 fully saturated rings. The number of aromatic nitrogens is 2. The zero-order valence-electron chi connectivity index (χ0n) is 20.3. The van der Waals surface area contributed by atoms with Crippen molar-refractivity contribution in [2.75, 3.05) is 38.6 Å². The van der Waals surface area contributed by atoms with Gasteiger partial charge in [-0.15, -0.1) is 0 Å². The third-order valence-electron chi connectivity index (χ3n) is 5.44. The average Bonchev–Trinajstić information content (AvgIpc) is 3.16. The second kappa shape index (κ2) is 12.0. The Balaban J connectivity index is 2.05. The summed E-state index contributed by atoms with van der Waals surface area (Å²) in [6.07, 6.45) is 3.09. The molecule has 0 saturated heterocycles. The van der Waals surface area contributed by atoms with E-state index in [9.17, 15) is 14.4 Å². The molecule has 0 radical (unpaired) electrons. The third-order valence-corrected chi connectivity index (χ3v) is 5.44. The molecule has 1 atom stereocenters. The number of hydrogen-bond acceptors (Lipinski definition) is 8. The minimum absolute atomic E-state index is 0.186. The lowest BCUT2D eigenvalue weighted by Crippen LogP contribution is -2.27. The molecule has 0 aliphatic heterocycles. The number of carbonyl (C=O) groups excluding carboxylic acids is 3. The molecule has 2 aromatic heterocycles. The van der Waals surface area contributed by atoms with E-state index in [1.54, 1.807) is 23.8 Å². The van der Waals surface area contributed by atoms with Crippen LogP contribution in [0.2, 0.25) is 0 Å². The molecule has 0 bridgehead atoms. The zero-order valence-corrected chi connectivity index (χ0v) is 20.3. The fourth-order valence-electron chi connectivity index (χ4n) is 3.84. The van der Waals surface area contributed by atoms with Crippen molar-refractivity contribution < 1.29 is 28.6 Å². The van der Waals surface area contributed by atoms with Crippen molar-refractivity contribution >= 4 is 40.3 Å². The van der Waals surface area contributed by atoms with Gasteiger partial charge in [-0.1, -0.05) is 30.3 Å². The molecule has 10 heteroatoms. The second-order valence-corrected chi connectivity index (χ2v) is 7.92. The van der Waals surface area contributed by atoms with Gasteiger partial charge in [-0.25, -0.2) is 14.6 Å². The van der Waals surface area contributed by atoms with Gasteiger partial charge in [0.2, 0.25) is 5.91 Å². The fraction of sp³-hybridized carbons (Fsp3) is 0.360. The number of ether oxygens (including phenoxy) is 3. The summed E-state index contributed by atoms with van der Waals surface area (Å²) in [5.74, 6) is -1.47. The Hall–Kier alpha value is -3.92. The third kappa shape index (κ3) is 6.15. The predicted octanol–water partition coefficient (Wildman–Crippen LogP) is 3.01. The number of benzene rings is 1. The first kappa shape index (κ1) is 25.7. The van der Waals surface area contributed by atoms with Gasteiger partial charge in [0, 0.05) is 19.0 Å². The number of hydrogen-bond donors (Lipinski definition) is 2. The Kier molecular flexibility index (Phi) is 8.80. The molecule has 0 aliphatic carbocycles. The van der Waals surface area contributed by atoms with Crippen LogP contribution in [0.1, 0.15) is 29.4 Å². The maximum Gasteiger partial charge on any atom is 0.356 e. The van der Waals surface area contributed by atoms with Gasteiger partial charge in [0.25, 0.3) is 0 Å². The van der Waals surface area contributed by atoms with Gasteiger partial charge in [0.15, 0.2) is 5.69 Å². The van der Waals surface area contributed by atoms with E-state index in [4.69, 9.17) is 14.2 Å². The monoisotopic (exact) mass is 482 g/mol. The first-order valence-electron chi connectivity index (χ1n) is 11.2. The molecule has 2 N–H and O–H groups in total. The van der Waals surface area contributed by atoms with Crippen molar-refractivity contribution in [2.45, 2.75) is 32.4 Å². The Labute approximate surface area is 203 Å². The quantitative estimate of drug-likeness (QED) is 0.400. The number of pyridine rings is 1. The van der Waals surface area contributed by atoms with Gasteiger partial charge in [-0.05, 0) is 31.4 Å². The van der Waals surface area contributed by atoms with Gasteiger partial charge in [0.05, 0.1) is 31.8 Å². The molecular weight excluding hydrogens is 452 g/mol. The second-order valence-electron chi connectivity index (χ2n) is 7.92. The maximum atomic E-state index is 12.9. The number of nitrogens with zero attached hydrogens (tertiary/aromatic N) is 2. The van der Waals surface area contributed by atoms with Gasteiger partial charge in [0.1, 0.15) is 18.3 Å². The lowest BCUT2D eigenvalue weighted by Gasteiger charge is -2.13. The summed E-state index contributed by atoms with van der Waals surface area (Å²) in [6, 6.07) is 11.1. The Bertz CT molecular complexity index is 1190. The van der Waals surface area contributed by atoms with E-state index in [-0.39, 0.29) is 18.0 Å². The van der Waals surface area contributed by atoms with Crippen molar-refractivity contribution in [1.82, 2.24) is 9.55 Å². The fourth-order valence-corrected chi connectivity index (χ4v) is 3.84. The smallest absolute Gasteiger partial charge is 0.356 e. The number of aryl methyl sites for hydroxylation is 2. The number of fused-ring (bicyclic) bond motifs is 1. The molecule has 35 heavy (non-hydrogen) atoms. The minimum Gasteiger partial charge on any atom is -0.467 e. The summed E-state index contributed by atoms with van der Waals surface area (Å²) in [5.41, 5.74) is 2.66. The minimum atomic E-state index is -0.626. The van der Waals surface area contributed by atoms with E-state index in [0.717, 1.165) is 12.8 Å². The molecule has 10 nitrogen and oxygen atoms in total. The Morgan fingerprint density at radius 3 is 2.49 bits per heavy atom. The van der Waals surface area contributed by atoms with E-state index in [0.29, 0.717) is 23.3 Å². The normalized spacial score (nSPS) is 11.7. The Morgan fingerprint density at radius 1 is 1.09 bits per heavy atom. The molecule has 3 aromatic rings. The summed E-state index contributed by atoms with van der Waals surface area (Å²) in [6.45, 7) is 1.94. The van der Waals surface area contributed by atoms with E-state index in [1.807, 2.05) is 30.3 Å². The predicted molar refractivity (Wildman–Crippen MR) is 131 cm³/mol. The molecule has 186 valence electrons. The molecule has 1 amide bonds. The van der Waals surface area contributed by atoms with Crippen LogP contribution in [0.15, 0.2) is 42.6 Å². The number of anilines is 2. The number of carbonyl (C=O) groups is 3. The van der Waals surface area contributed by atoms with Crippen LogP contribution in [0.25, 0.3) is 11.0 Å². The standard InChI is InChI=1S/C25H30N4O6/c1-16(24(31)34-3)27-18-13-19-21(28-20(30)15-33-2)22(25(32)35-4)29(23(19)26-14-18)12-8-11-17-9-6-5-7-10-17/h5-7,9-10,13-14,16,27H,8,11-12,15H2,1-4H3,(H,28,30). The highest BCUT2D eigenvalue weighted by Crippen LogP contribution is 2.33. The van der Waals surface area contributed by atoms with Crippen LogP contribution in [0.5, 0.6) is 0 Å². The number of nitrogens with one attached hydrogen (secondary N) is 2. The summed E-state index contributed by atoms with van der Waals surface area (Å²) in [4.78, 5) is 41.7. The van der Waals surface area contributed by atoms with Crippen molar-refractivity contribution in [2.24, 2.45) is 0 Å². The number of methoxy groups -OCH3 is 3. The van der Waals surface area contributed by atoms with Gasteiger partial charge < -0.3 is 29.4 Å². The topological polar surface area (TPSA) is 121 Å². The molecule has 0 aliphatic rings. The van der Waals surface area contributed by atoms with Crippen molar-refractivity contribution in [1.29, 1.82) is 0 Å². The van der Waals surface area contributed by atoms with E-state index in [2.05, 4.69) is 15.6 Å². The van der Waals surface area contributed by atoms with Crippen molar-refractivity contribution in [3.05, 3.63) is 53.9 Å². The highest BCUT2D eigenvalue weighted by Gasteiger charge is 2.26. The summed E-state index contributed by atoms with van der Waals surface area (Å²) < 4.78 is 16.5. The first-order valence-corrected chi connectivity index (χ1v) is 11.2. The molecule has 0 saturated carbocycles. The summed E-state index contributed by atoms with van der Waals surface area (Å²) >= 11 is 0. The zero-order chi connectivity index (χ0) is 25.4. The van der Waals surface area contributed by atoms with Crippen molar-refractivity contribution in [3.8, 4) is 0 Å². The molecule has 1 unspecified atom stereocenters. The highest BCUT2D eigenvalue weighted by molar-refractivity contribution is 6.11. The van der Waals surface area contributed by atoms with Crippen LogP contribution >= 0.6 is 0 Å². The number of rotatable bonds is 11. The average molecular weight is 483 g/mol. The van der Waals surface area contributed by atoms with Crippen LogP contribution in [-0.2, 0) is 36.8 Å². The van der Waals surface area contributed by atoms with Crippen LogP contribution < -0.4 is 10.6 Å². The van der Waals surface area contributed by atoms with Crippen LogP contribution in [0, 0.1) is 0 Å². The molecule has 0 spiro atoms. The van der Waals surface area contributed by atoms with Crippen LogP contribution in [0.3, 0.4) is 0 Å². The van der Waals surface area contributed by atoms with E-state index >= 15 is 0 Å². The number of amides is 1. The van der Waals surface area contributed by atoms with Gasteiger partial charge in [-0.3, -0.25) is 4.79 Å². The highest BCUT2D eigenvalue weighted by atomic mass is 16.5. The maximum absolute atomic E-state index is 12.9. The number of esters is 2. The molecule has 1 aromatic carbocycles. The SMILES string of the molecule is COCC(=O)Nc1c(C(=O)OC)n(CCCc2ccccc2)c2ncc(NC(C)C(=O)OC)cc12. The lowest BCUT2D eigenvalue weighted by molar-refractivity contribution is -0.141. The molecule has 2 heterocycles. The van der Waals surface area contributed by atoms with Crippen LogP contribution in [0.4, 0.5) is 11.4 Å². The van der Waals surface area contributed by atoms with Gasteiger partial charge >= 0.3 is 11.9 Å². The first-order chi connectivity index (χ1) is 16.9. The van der Waals surface area contributed by atoms with Crippen LogP contribution in [-0.4, -0.2) is 61.4 Å². The largest absolute Gasteiger partial charge is 0.467 e. The van der Waals surface area contributed by atoms with Gasteiger partial charge in [-0.2, -0.15) is 0 Å². The molecular formula is C25H30N4O6. The Morgan fingerprint density at radius 2 is 1.83 bits per heavy atom. The van der Waals surface area contributed by atoms with Crippen molar-refractivity contribution in [3.63, 3.8) is 0 Å². The van der Waals surface area contributed by atoms with E-state index in [1.165, 1.54) is 26.9 Å². The molecule has 3 rings (SSSR count). The van der Waals surface area contributed by atoms with E-state index < -0.39 is 23.9 Å². The summed E-state index contributed by atoms with van der Waals surface area (Å²) in [5, 5.41) is 6.32. The summed E-state index contributed by atoms with van der Waals surface area (Å²) in [7, 11) is 4.00. The lowest BCUT2D eigenvalue weighted by atomic mass is 10.1.